The van der Waals surface area contributed by atoms with Crippen LogP contribution in [0.1, 0.15) is 136 Å². The van der Waals surface area contributed by atoms with Gasteiger partial charge >= 0.3 is 7.82 Å². The summed E-state index contributed by atoms with van der Waals surface area (Å²) < 4.78 is 29.2. The van der Waals surface area contributed by atoms with Gasteiger partial charge < -0.3 is 24.5 Å². The van der Waals surface area contributed by atoms with E-state index in [1.165, 1.54) is 64.2 Å². The molecule has 5 atom stereocenters. The summed E-state index contributed by atoms with van der Waals surface area (Å²) >= 11 is 0. The summed E-state index contributed by atoms with van der Waals surface area (Å²) in [5.41, 5.74) is 0. The minimum Gasteiger partial charge on any atom is -0.387 e. The Bertz CT molecular complexity index is 1100. The third-order valence-electron chi connectivity index (χ3n) is 8.86. The molecular formula is C42H76N2O7P+. The number of unbranched alkanes of at least 4 members (excludes halogenated alkanes) is 11. The van der Waals surface area contributed by atoms with Gasteiger partial charge in [-0.2, -0.15) is 0 Å². The number of aliphatic hydroxyl groups is 1. The van der Waals surface area contributed by atoms with Crippen LogP contribution in [0, 0.1) is 0 Å². The van der Waals surface area contributed by atoms with Crippen LogP contribution in [0.25, 0.3) is 0 Å². The summed E-state index contributed by atoms with van der Waals surface area (Å²) in [5.74, 6) is -0.251. The molecule has 0 radical (unpaired) electrons. The quantitative estimate of drug-likeness (QED) is 0.0197. The number of aliphatic hydroxyl groups excluding tert-OH is 1. The van der Waals surface area contributed by atoms with Crippen LogP contribution >= 0.6 is 7.82 Å². The van der Waals surface area contributed by atoms with E-state index in [-0.39, 0.29) is 31.6 Å². The zero-order valence-electron chi connectivity index (χ0n) is 33.5. The van der Waals surface area contributed by atoms with Crippen LogP contribution < -0.4 is 5.32 Å². The molecule has 0 aromatic rings. The van der Waals surface area contributed by atoms with E-state index in [0.29, 0.717) is 23.6 Å². The fourth-order valence-electron chi connectivity index (χ4n) is 5.44. The van der Waals surface area contributed by atoms with E-state index in [2.05, 4.69) is 67.8 Å². The number of phosphoric acid groups is 1. The van der Waals surface area contributed by atoms with E-state index in [4.69, 9.17) is 13.8 Å². The molecule has 0 aliphatic carbocycles. The lowest BCUT2D eigenvalue weighted by molar-refractivity contribution is -0.870. The summed E-state index contributed by atoms with van der Waals surface area (Å²) in [7, 11) is 1.50. The molecule has 3 unspecified atom stereocenters. The lowest BCUT2D eigenvalue weighted by Gasteiger charge is -2.25. The van der Waals surface area contributed by atoms with Crippen molar-refractivity contribution in [2.75, 3.05) is 40.9 Å². The van der Waals surface area contributed by atoms with Gasteiger partial charge in [-0.25, -0.2) is 4.57 Å². The Morgan fingerprint density at radius 2 is 1.29 bits per heavy atom. The highest BCUT2D eigenvalue weighted by Crippen LogP contribution is 2.43. The zero-order valence-corrected chi connectivity index (χ0v) is 34.4. The first-order chi connectivity index (χ1) is 25.0. The number of quaternary nitrogens is 1. The van der Waals surface area contributed by atoms with Crippen molar-refractivity contribution in [3.63, 3.8) is 0 Å². The molecule has 9 nitrogen and oxygen atoms in total. The first-order valence-corrected chi connectivity index (χ1v) is 21.8. The second-order valence-electron chi connectivity index (χ2n) is 15.0. The van der Waals surface area contributed by atoms with Gasteiger partial charge in [-0.05, 0) is 70.6 Å². The number of phosphoric ester groups is 1. The number of rotatable bonds is 34. The summed E-state index contributed by atoms with van der Waals surface area (Å²) in [6.45, 7) is 4.66. The molecular weight excluding hydrogens is 675 g/mol. The Labute approximate surface area is 317 Å². The van der Waals surface area contributed by atoms with Crippen LogP contribution in [0.4, 0.5) is 0 Å². The molecule has 300 valence electrons. The van der Waals surface area contributed by atoms with Gasteiger partial charge in [0.1, 0.15) is 13.2 Å². The number of nitrogens with one attached hydrogen (secondary N) is 1. The molecule has 1 aliphatic rings. The Kier molecular flexibility index (Phi) is 28.2. The summed E-state index contributed by atoms with van der Waals surface area (Å²) in [5, 5.41) is 13.7. The van der Waals surface area contributed by atoms with Crippen molar-refractivity contribution in [2.45, 2.75) is 160 Å². The van der Waals surface area contributed by atoms with Gasteiger partial charge in [-0.3, -0.25) is 13.8 Å². The number of carbonyl (C=O) groups is 1. The molecule has 1 fully saturated rings. The first-order valence-electron chi connectivity index (χ1n) is 20.3. The van der Waals surface area contributed by atoms with E-state index in [0.717, 1.165) is 44.9 Å². The molecule has 1 saturated heterocycles. The third-order valence-corrected chi connectivity index (χ3v) is 9.85. The number of carbonyl (C=O) groups excluding carboxylic acids is 1. The highest BCUT2D eigenvalue weighted by molar-refractivity contribution is 7.47. The van der Waals surface area contributed by atoms with Crippen molar-refractivity contribution < 1.29 is 37.6 Å². The fourth-order valence-corrected chi connectivity index (χ4v) is 6.18. The van der Waals surface area contributed by atoms with Gasteiger partial charge in [-0.15, -0.1) is 0 Å². The van der Waals surface area contributed by atoms with E-state index in [1.807, 2.05) is 27.2 Å². The van der Waals surface area contributed by atoms with Gasteiger partial charge in [0.2, 0.25) is 5.91 Å². The Morgan fingerprint density at radius 3 is 2.00 bits per heavy atom. The molecule has 1 aliphatic heterocycles. The maximum Gasteiger partial charge on any atom is 0.472 e. The molecule has 1 heterocycles. The number of amides is 1. The first kappa shape index (κ1) is 48.2. The average molecular weight is 752 g/mol. The van der Waals surface area contributed by atoms with Gasteiger partial charge in [0.05, 0.1) is 52.1 Å². The number of hydrogen-bond acceptors (Lipinski definition) is 6. The molecule has 1 rings (SSSR count). The van der Waals surface area contributed by atoms with Gasteiger partial charge in [0.25, 0.3) is 0 Å². The lowest BCUT2D eigenvalue weighted by atomic mass is 10.1. The van der Waals surface area contributed by atoms with Crippen molar-refractivity contribution in [3.05, 3.63) is 60.8 Å². The maximum atomic E-state index is 12.8. The zero-order chi connectivity index (χ0) is 38.3. The second-order valence-corrected chi connectivity index (χ2v) is 16.5. The minimum atomic E-state index is -4.36. The van der Waals surface area contributed by atoms with Crippen molar-refractivity contribution in [2.24, 2.45) is 0 Å². The topological polar surface area (TPSA) is 118 Å². The largest absolute Gasteiger partial charge is 0.472 e. The van der Waals surface area contributed by atoms with Crippen LogP contribution in [0.15, 0.2) is 60.8 Å². The molecule has 3 N–H and O–H groups in total. The Balaban J connectivity index is 2.44. The van der Waals surface area contributed by atoms with Crippen molar-refractivity contribution >= 4 is 13.7 Å². The Morgan fingerprint density at radius 1 is 0.750 bits per heavy atom. The lowest BCUT2D eigenvalue weighted by Crippen LogP contribution is -2.45. The normalized spacial score (nSPS) is 19.1. The molecule has 0 aromatic heterocycles. The Hall–Kier alpha value is -1.84. The SMILES string of the molecule is CCCCC/C=C\C/C=C\CC1OC1C/C=C\CCCC(=O)N[C@@H](COP(=O)(O)OCC[N+](C)(C)C)[C@H](O)/C=C/CC/C=C\CCCCCCCC. The van der Waals surface area contributed by atoms with Crippen LogP contribution in [-0.4, -0.2) is 85.6 Å². The smallest absolute Gasteiger partial charge is 0.387 e. The highest BCUT2D eigenvalue weighted by Gasteiger charge is 2.36. The average Bonchev–Trinajstić information content (AvgIpc) is 3.84. The maximum absolute atomic E-state index is 12.8. The number of likely N-dealkylation sites (N-methyl/N-ethyl adjacent to an activating group) is 1. The van der Waals surface area contributed by atoms with Gasteiger partial charge in [0, 0.05) is 6.42 Å². The molecule has 52 heavy (non-hydrogen) atoms. The molecule has 0 spiro atoms. The van der Waals surface area contributed by atoms with Crippen molar-refractivity contribution in [1.82, 2.24) is 5.32 Å². The number of allylic oxidation sites excluding steroid dienone is 7. The van der Waals surface area contributed by atoms with E-state index < -0.39 is 20.0 Å². The molecule has 1 amide bonds. The summed E-state index contributed by atoms with van der Waals surface area (Å²) in [4.78, 5) is 23.0. The van der Waals surface area contributed by atoms with Crippen LogP contribution in [0.2, 0.25) is 0 Å². The monoisotopic (exact) mass is 752 g/mol. The molecule has 0 bridgehead atoms. The number of nitrogens with zero attached hydrogens (tertiary/aromatic N) is 1. The summed E-state index contributed by atoms with van der Waals surface area (Å²) in [6.07, 6.45) is 40.3. The minimum absolute atomic E-state index is 0.0400. The molecule has 0 saturated carbocycles. The van der Waals surface area contributed by atoms with E-state index in [1.54, 1.807) is 6.08 Å². The predicted molar refractivity (Wildman–Crippen MR) is 216 cm³/mol. The fraction of sp³-hybridized carbons (Fsp3) is 0.738. The van der Waals surface area contributed by atoms with E-state index >= 15 is 0 Å². The van der Waals surface area contributed by atoms with Crippen molar-refractivity contribution in [3.8, 4) is 0 Å². The third kappa shape index (κ3) is 29.6. The highest BCUT2D eigenvalue weighted by atomic mass is 31.2. The van der Waals surface area contributed by atoms with E-state index in [9.17, 15) is 19.4 Å². The van der Waals surface area contributed by atoms with Crippen LogP contribution in [0.3, 0.4) is 0 Å². The van der Waals surface area contributed by atoms with Crippen molar-refractivity contribution in [1.29, 1.82) is 0 Å². The number of hydrogen-bond donors (Lipinski definition) is 3. The van der Waals surface area contributed by atoms with Crippen LogP contribution in [0.5, 0.6) is 0 Å². The van der Waals surface area contributed by atoms with Gasteiger partial charge in [-0.1, -0.05) is 120 Å². The number of ether oxygens (including phenoxy) is 1. The second kappa shape index (κ2) is 30.5. The van der Waals surface area contributed by atoms with Gasteiger partial charge in [0.15, 0.2) is 0 Å². The molecule has 10 heteroatoms. The summed E-state index contributed by atoms with van der Waals surface area (Å²) in [6, 6.07) is -0.898. The molecule has 0 aromatic carbocycles. The predicted octanol–water partition coefficient (Wildman–Crippen LogP) is 9.67. The van der Waals surface area contributed by atoms with Crippen LogP contribution in [-0.2, 0) is 23.1 Å². The number of epoxide rings is 1. The standard InChI is InChI=1S/C42H75N2O7P/c1-6-8-10-12-14-16-17-18-20-21-23-27-31-39(45)38(37-50-52(47,48)49-36-35-44(3,4)5)43-42(46)34-30-26-25-29-33-41-40(51-41)32-28-24-22-19-15-13-11-9-7-2/h15,18-20,24-25,27-29,31,38-41,45H,6-14,16-17,21-23,26,30,32-37H2,1-5H3,(H-,43,46,47,48)/p+1/b19-15-,20-18-,28-24-,29-25-,31-27+/t38-,39+,40?,41?/m0/s1.